The van der Waals surface area contributed by atoms with Crippen LogP contribution in [-0.4, -0.2) is 35.1 Å². The first kappa shape index (κ1) is 18.1. The number of benzene rings is 2. The third-order valence-electron chi connectivity index (χ3n) is 5.21. The molecule has 2 aromatic rings. The summed E-state index contributed by atoms with van der Waals surface area (Å²) in [4.78, 5) is 2.94. The van der Waals surface area contributed by atoms with Crippen molar-refractivity contribution < 1.29 is 13.2 Å². The van der Waals surface area contributed by atoms with Gasteiger partial charge in [-0.1, -0.05) is 36.5 Å². The molecule has 1 fully saturated rings. The minimum Gasteiger partial charge on any atom is -0.378 e. The van der Waals surface area contributed by atoms with Crippen LogP contribution in [-0.2, 0) is 12.6 Å². The zero-order valence-corrected chi connectivity index (χ0v) is 15.4. The Bertz CT molecular complexity index is 835. The first-order valence-corrected chi connectivity index (χ1v) is 9.37. The summed E-state index contributed by atoms with van der Waals surface area (Å²) in [6.07, 6.45) is -2.87. The lowest BCUT2D eigenvalue weighted by atomic mass is 9.95. The lowest BCUT2D eigenvalue weighted by molar-refractivity contribution is -0.137. The second kappa shape index (κ2) is 7.03. The number of nitrogens with one attached hydrogen (secondary N) is 2. The number of hydrogen-bond acceptors (Lipinski definition) is 3. The molecule has 27 heavy (non-hydrogen) atoms. The van der Waals surface area contributed by atoms with Gasteiger partial charge in [-0.25, -0.2) is 0 Å². The molecule has 0 saturated carbocycles. The number of halogens is 3. The highest BCUT2D eigenvalue weighted by molar-refractivity contribution is 7.80. The van der Waals surface area contributed by atoms with Crippen LogP contribution in [0.3, 0.4) is 0 Å². The average Bonchev–Trinajstić information content (AvgIpc) is 2.65. The number of alkyl halides is 3. The normalized spacial score (nSPS) is 21.5. The molecule has 4 rings (SSSR count). The molecule has 2 aliphatic rings. The van der Waals surface area contributed by atoms with Gasteiger partial charge in [0.2, 0.25) is 0 Å². The van der Waals surface area contributed by atoms with E-state index in [1.165, 1.54) is 12.1 Å². The zero-order valence-electron chi connectivity index (χ0n) is 14.6. The Morgan fingerprint density at radius 1 is 1.00 bits per heavy atom. The van der Waals surface area contributed by atoms with E-state index in [0.29, 0.717) is 12.5 Å². The van der Waals surface area contributed by atoms with Gasteiger partial charge in [-0.15, -0.1) is 0 Å². The van der Waals surface area contributed by atoms with Crippen LogP contribution in [0.1, 0.15) is 17.5 Å². The van der Waals surface area contributed by atoms with Gasteiger partial charge in [0.25, 0.3) is 0 Å². The quantitative estimate of drug-likeness (QED) is 0.734. The van der Waals surface area contributed by atoms with Crippen LogP contribution in [0.4, 0.5) is 24.5 Å². The van der Waals surface area contributed by atoms with Crippen LogP contribution in [0.2, 0.25) is 0 Å². The van der Waals surface area contributed by atoms with Crippen LogP contribution in [0.5, 0.6) is 0 Å². The van der Waals surface area contributed by atoms with Crippen molar-refractivity contribution in [2.24, 2.45) is 0 Å². The van der Waals surface area contributed by atoms with Gasteiger partial charge >= 0.3 is 6.18 Å². The fourth-order valence-corrected chi connectivity index (χ4v) is 4.06. The van der Waals surface area contributed by atoms with Crippen LogP contribution >= 0.6 is 12.2 Å². The van der Waals surface area contributed by atoms with Crippen molar-refractivity contribution >= 4 is 28.6 Å². The van der Waals surface area contributed by atoms with E-state index in [0.717, 1.165) is 53.6 Å². The summed E-state index contributed by atoms with van der Waals surface area (Å²) >= 11 is 5.59. The Hall–Kier alpha value is -2.28. The van der Waals surface area contributed by atoms with E-state index in [9.17, 15) is 13.2 Å². The monoisotopic (exact) mass is 391 g/mol. The molecule has 2 aromatic carbocycles. The molecular formula is C20H20F3N3S. The molecule has 3 nitrogen and oxygen atoms in total. The zero-order chi connectivity index (χ0) is 19.0. The Morgan fingerprint density at radius 2 is 1.63 bits per heavy atom. The highest BCUT2D eigenvalue weighted by Gasteiger charge is 2.34. The predicted octanol–water partition coefficient (Wildman–Crippen LogP) is 4.56. The molecule has 2 atom stereocenters. The number of rotatable bonds is 2. The van der Waals surface area contributed by atoms with Crippen molar-refractivity contribution in [3.05, 3.63) is 59.7 Å². The van der Waals surface area contributed by atoms with Crippen molar-refractivity contribution in [2.45, 2.75) is 31.1 Å². The first-order chi connectivity index (χ1) is 12.9. The van der Waals surface area contributed by atoms with Gasteiger partial charge in [0.1, 0.15) is 0 Å². The van der Waals surface area contributed by atoms with Crippen molar-refractivity contribution in [3.8, 4) is 0 Å². The predicted molar refractivity (Wildman–Crippen MR) is 105 cm³/mol. The summed E-state index contributed by atoms with van der Waals surface area (Å²) in [5, 5.41) is 7.17. The van der Waals surface area contributed by atoms with Gasteiger partial charge in [-0.3, -0.25) is 0 Å². The topological polar surface area (TPSA) is 27.3 Å². The molecule has 7 heteroatoms. The maximum Gasteiger partial charge on any atom is 0.416 e. The average molecular weight is 391 g/mol. The second-order valence-corrected chi connectivity index (χ2v) is 7.52. The Morgan fingerprint density at radius 3 is 2.26 bits per heavy atom. The molecule has 2 unspecified atom stereocenters. The molecule has 2 N–H and O–H groups in total. The summed E-state index contributed by atoms with van der Waals surface area (Å²) in [5.41, 5.74) is 2.39. The summed E-state index contributed by atoms with van der Waals surface area (Å²) in [7, 11) is 0. The highest BCUT2D eigenvalue weighted by atomic mass is 32.1. The van der Waals surface area contributed by atoms with Crippen molar-refractivity contribution in [3.63, 3.8) is 0 Å². The maximum absolute atomic E-state index is 12.7. The van der Waals surface area contributed by atoms with E-state index in [4.69, 9.17) is 12.2 Å². The number of likely N-dealkylation sites (tertiary alicyclic amines) is 1. The molecule has 142 valence electrons. The number of fused-ring (bicyclic) bond motifs is 2. The molecule has 1 saturated heterocycles. The molecule has 0 aliphatic carbocycles. The van der Waals surface area contributed by atoms with Gasteiger partial charge in [0.05, 0.1) is 28.0 Å². The Kier molecular flexibility index (Phi) is 4.72. The highest BCUT2D eigenvalue weighted by Crippen LogP contribution is 2.32. The minimum atomic E-state index is -4.31. The summed E-state index contributed by atoms with van der Waals surface area (Å²) in [5.74, 6) is 0. The molecule has 0 amide bonds. The molecule has 0 bridgehead atoms. The van der Waals surface area contributed by atoms with Gasteiger partial charge in [-0.05, 0) is 36.2 Å². The lowest BCUT2D eigenvalue weighted by Crippen LogP contribution is -2.56. The fraction of sp³-hybridized carbons (Fsp3) is 0.350. The van der Waals surface area contributed by atoms with Gasteiger partial charge in [0.15, 0.2) is 0 Å². The number of piperidine rings is 1. The summed E-state index contributed by atoms with van der Waals surface area (Å²) in [6.45, 7) is 1.63. The van der Waals surface area contributed by atoms with Crippen LogP contribution in [0, 0.1) is 0 Å². The summed E-state index contributed by atoms with van der Waals surface area (Å²) < 4.78 is 38.1. The Labute approximate surface area is 161 Å². The first-order valence-electron chi connectivity index (χ1n) is 8.96. The number of para-hydroxylation sites is 2. The largest absolute Gasteiger partial charge is 0.416 e. The van der Waals surface area contributed by atoms with E-state index in [1.54, 1.807) is 0 Å². The van der Waals surface area contributed by atoms with E-state index < -0.39 is 11.7 Å². The third kappa shape index (κ3) is 3.88. The van der Waals surface area contributed by atoms with E-state index in [-0.39, 0.29) is 6.04 Å². The minimum absolute atomic E-state index is 0.249. The van der Waals surface area contributed by atoms with Gasteiger partial charge in [0, 0.05) is 25.6 Å². The molecule has 0 radical (unpaired) electrons. The smallest absolute Gasteiger partial charge is 0.378 e. The van der Waals surface area contributed by atoms with Gasteiger partial charge in [-0.2, -0.15) is 13.2 Å². The molecule has 0 spiro atoms. The molecule has 2 heterocycles. The maximum atomic E-state index is 12.7. The van der Waals surface area contributed by atoms with Crippen molar-refractivity contribution in [1.29, 1.82) is 0 Å². The lowest BCUT2D eigenvalue weighted by Gasteiger charge is -2.44. The van der Waals surface area contributed by atoms with Crippen molar-refractivity contribution in [2.75, 3.05) is 23.7 Å². The molecular weight excluding hydrogens is 371 g/mol. The second-order valence-electron chi connectivity index (χ2n) is 7.05. The number of thiocarbonyl (C=S) groups is 1. The molecule has 0 aromatic heterocycles. The number of nitrogens with zero attached hydrogens (tertiary/aromatic N) is 1. The van der Waals surface area contributed by atoms with E-state index >= 15 is 0 Å². The van der Waals surface area contributed by atoms with E-state index in [2.05, 4.69) is 27.7 Å². The van der Waals surface area contributed by atoms with E-state index in [1.807, 2.05) is 12.1 Å². The number of hydrogen-bond donors (Lipinski definition) is 2. The van der Waals surface area contributed by atoms with Gasteiger partial charge < -0.3 is 15.5 Å². The molecule has 2 aliphatic heterocycles. The fourth-order valence-electron chi connectivity index (χ4n) is 3.73. The summed E-state index contributed by atoms with van der Waals surface area (Å²) in [6, 6.07) is 14.0. The third-order valence-corrected chi connectivity index (χ3v) is 5.61. The Balaban J connectivity index is 1.39. The van der Waals surface area contributed by atoms with Crippen molar-refractivity contribution in [1.82, 2.24) is 4.90 Å². The van der Waals surface area contributed by atoms with Crippen LogP contribution < -0.4 is 10.6 Å². The van der Waals surface area contributed by atoms with Crippen LogP contribution in [0.15, 0.2) is 48.5 Å². The standard InChI is InChI=1S/C20H20F3N3S/c21-20(22,23)14-7-5-13(6-8-14)11-19(27)26-10-9-17-18(12-26)25-16-4-2-1-3-15(16)24-17/h1-8,17-18,24-25H,9-12H2. The number of anilines is 2. The SMILES string of the molecule is FC(F)(F)c1ccc(CC(=S)N2CCC3Nc4ccccc4NC3C2)cc1. The van der Waals surface area contributed by atoms with Crippen LogP contribution in [0.25, 0.3) is 0 Å².